The number of fused-ring (bicyclic) bond motifs is 1. The molecule has 0 aliphatic heterocycles. The van der Waals surface area contributed by atoms with Gasteiger partial charge in [-0.15, -0.1) is 0 Å². The van der Waals surface area contributed by atoms with E-state index in [2.05, 4.69) is 15.0 Å². The van der Waals surface area contributed by atoms with Crippen LogP contribution in [0, 0.1) is 6.92 Å². The fourth-order valence-corrected chi connectivity index (χ4v) is 4.21. The largest absolute Gasteiger partial charge is 0.465 e. The van der Waals surface area contributed by atoms with E-state index in [1.807, 2.05) is 0 Å². The Kier molecular flexibility index (Phi) is 5.10. The molecule has 28 heavy (non-hydrogen) atoms. The average molecular weight is 401 g/mol. The van der Waals surface area contributed by atoms with E-state index in [9.17, 15) is 18.0 Å². The lowest BCUT2D eigenvalue weighted by Crippen LogP contribution is -2.18. The molecule has 0 aliphatic rings. The molecule has 0 aliphatic carbocycles. The first kappa shape index (κ1) is 19.4. The van der Waals surface area contributed by atoms with Gasteiger partial charge in [0.15, 0.2) is 0 Å². The summed E-state index contributed by atoms with van der Waals surface area (Å²) in [6, 6.07) is 11.0. The number of benzene rings is 2. The maximum Gasteiger partial charge on any atom is 0.339 e. The van der Waals surface area contributed by atoms with E-state index < -0.39 is 16.0 Å². The van der Waals surface area contributed by atoms with Gasteiger partial charge in [0.2, 0.25) is 0 Å². The Morgan fingerprint density at radius 2 is 1.86 bits per heavy atom. The molecule has 3 aromatic rings. The molecule has 0 bridgehead atoms. The second kappa shape index (κ2) is 7.35. The van der Waals surface area contributed by atoms with Crippen LogP contribution in [0.2, 0.25) is 0 Å². The Morgan fingerprint density at radius 3 is 2.54 bits per heavy atom. The molecule has 3 N–H and O–H groups in total. The summed E-state index contributed by atoms with van der Waals surface area (Å²) in [6.07, 6.45) is 0. The van der Waals surface area contributed by atoms with Crippen LogP contribution in [0.25, 0.3) is 10.9 Å². The van der Waals surface area contributed by atoms with Crippen molar-refractivity contribution in [1.82, 2.24) is 10.3 Å². The van der Waals surface area contributed by atoms with Crippen molar-refractivity contribution in [3.8, 4) is 0 Å². The molecular weight excluding hydrogens is 382 g/mol. The highest BCUT2D eigenvalue weighted by molar-refractivity contribution is 7.92. The van der Waals surface area contributed by atoms with E-state index >= 15 is 0 Å². The van der Waals surface area contributed by atoms with Gasteiger partial charge in [-0.2, -0.15) is 0 Å². The number of sulfonamides is 1. The van der Waals surface area contributed by atoms with Gasteiger partial charge in [-0.05, 0) is 42.8 Å². The number of aromatic nitrogens is 1. The summed E-state index contributed by atoms with van der Waals surface area (Å²) in [5, 5.41) is 3.18. The monoisotopic (exact) mass is 401 g/mol. The Labute approximate surface area is 162 Å². The van der Waals surface area contributed by atoms with E-state index in [0.717, 1.165) is 0 Å². The number of carbonyl (C=O) groups excluding carboxylic acids is 2. The molecule has 0 unspecified atom stereocenters. The van der Waals surface area contributed by atoms with E-state index in [4.69, 9.17) is 4.74 Å². The standard InChI is InChI=1S/C19H19N3O5S/c1-11-5-4-6-16(17(11)19(24)27-3)28(25,26)22-13-7-8-14-12(9-13)10-15(21-14)18(23)20-2/h4-10,21-22H,1-3H3,(H,20,23). The van der Waals surface area contributed by atoms with Gasteiger partial charge in [0, 0.05) is 23.6 Å². The molecule has 2 aromatic carbocycles. The average Bonchev–Trinajstić information content (AvgIpc) is 3.09. The molecule has 1 amide bonds. The van der Waals surface area contributed by atoms with Crippen molar-refractivity contribution in [2.75, 3.05) is 18.9 Å². The van der Waals surface area contributed by atoms with Crippen LogP contribution in [-0.4, -0.2) is 39.4 Å². The van der Waals surface area contributed by atoms with Gasteiger partial charge in [-0.3, -0.25) is 9.52 Å². The molecule has 1 heterocycles. The van der Waals surface area contributed by atoms with Gasteiger partial charge in [0.05, 0.1) is 12.7 Å². The number of aromatic amines is 1. The summed E-state index contributed by atoms with van der Waals surface area (Å²) in [6.45, 7) is 1.64. The fraction of sp³-hybridized carbons (Fsp3) is 0.158. The second-order valence-electron chi connectivity index (χ2n) is 6.11. The molecule has 1 aromatic heterocycles. The minimum absolute atomic E-state index is 0.0119. The number of hydrogen-bond donors (Lipinski definition) is 3. The zero-order valence-corrected chi connectivity index (χ0v) is 16.3. The number of carbonyl (C=O) groups is 2. The summed E-state index contributed by atoms with van der Waals surface area (Å²) < 4.78 is 33.0. The van der Waals surface area contributed by atoms with Crippen molar-refractivity contribution in [1.29, 1.82) is 0 Å². The predicted octanol–water partition coefficient (Wildman–Crippen LogP) is 2.42. The minimum atomic E-state index is -4.04. The Balaban J connectivity index is 2.00. The van der Waals surface area contributed by atoms with E-state index in [0.29, 0.717) is 27.8 Å². The SMILES string of the molecule is CNC(=O)c1cc2cc(NS(=O)(=O)c3cccc(C)c3C(=O)OC)ccc2[nH]1. The number of rotatable bonds is 5. The van der Waals surface area contributed by atoms with Gasteiger partial charge in [-0.1, -0.05) is 12.1 Å². The van der Waals surface area contributed by atoms with Gasteiger partial charge < -0.3 is 15.0 Å². The summed E-state index contributed by atoms with van der Waals surface area (Å²) in [5.74, 6) is -1.00. The molecule has 0 saturated carbocycles. The number of ether oxygens (including phenoxy) is 1. The number of methoxy groups -OCH3 is 1. The van der Waals surface area contributed by atoms with Crippen LogP contribution >= 0.6 is 0 Å². The molecule has 146 valence electrons. The van der Waals surface area contributed by atoms with Crippen LogP contribution in [0.4, 0.5) is 5.69 Å². The van der Waals surface area contributed by atoms with Crippen molar-refractivity contribution < 1.29 is 22.7 Å². The number of hydrogen-bond acceptors (Lipinski definition) is 5. The Morgan fingerprint density at radius 1 is 1.11 bits per heavy atom. The molecule has 0 saturated heterocycles. The van der Waals surface area contributed by atoms with Crippen LogP contribution < -0.4 is 10.0 Å². The predicted molar refractivity (Wildman–Crippen MR) is 105 cm³/mol. The maximum atomic E-state index is 12.9. The van der Waals surface area contributed by atoms with Crippen molar-refractivity contribution in [3.05, 3.63) is 59.3 Å². The third-order valence-electron chi connectivity index (χ3n) is 4.26. The molecule has 0 fully saturated rings. The molecule has 0 radical (unpaired) electrons. The smallest absolute Gasteiger partial charge is 0.339 e. The van der Waals surface area contributed by atoms with Crippen molar-refractivity contribution in [3.63, 3.8) is 0 Å². The highest BCUT2D eigenvalue weighted by atomic mass is 32.2. The van der Waals surface area contributed by atoms with E-state index in [1.54, 1.807) is 43.3 Å². The number of esters is 1. The van der Waals surface area contributed by atoms with E-state index in [1.165, 1.54) is 20.2 Å². The summed E-state index contributed by atoms with van der Waals surface area (Å²) in [7, 11) is -1.33. The summed E-state index contributed by atoms with van der Waals surface area (Å²) >= 11 is 0. The quantitative estimate of drug-likeness (QED) is 0.568. The van der Waals surface area contributed by atoms with Crippen LogP contribution in [0.5, 0.6) is 0 Å². The number of amides is 1. The Hall–Kier alpha value is -3.33. The number of aryl methyl sites for hydroxylation is 1. The maximum absolute atomic E-state index is 12.9. The molecule has 0 atom stereocenters. The van der Waals surface area contributed by atoms with Crippen LogP contribution in [-0.2, 0) is 14.8 Å². The van der Waals surface area contributed by atoms with Crippen LogP contribution in [0.15, 0.2) is 47.4 Å². The molecule has 9 heteroatoms. The molecular formula is C19H19N3O5S. The lowest BCUT2D eigenvalue weighted by Gasteiger charge is -2.13. The van der Waals surface area contributed by atoms with Crippen molar-refractivity contribution in [2.24, 2.45) is 0 Å². The number of anilines is 1. The van der Waals surface area contributed by atoms with Crippen molar-refractivity contribution >= 4 is 38.5 Å². The van der Waals surface area contributed by atoms with Crippen LogP contribution in [0.1, 0.15) is 26.4 Å². The lowest BCUT2D eigenvalue weighted by atomic mass is 10.1. The van der Waals surface area contributed by atoms with Gasteiger partial charge in [0.25, 0.3) is 15.9 Å². The van der Waals surface area contributed by atoms with Gasteiger partial charge in [0.1, 0.15) is 10.6 Å². The fourth-order valence-electron chi connectivity index (χ4n) is 2.89. The number of nitrogens with one attached hydrogen (secondary N) is 3. The Bertz CT molecular complexity index is 1180. The lowest BCUT2D eigenvalue weighted by molar-refractivity contribution is 0.0595. The molecule has 8 nitrogen and oxygen atoms in total. The molecule has 0 spiro atoms. The highest BCUT2D eigenvalue weighted by Gasteiger charge is 2.25. The normalized spacial score (nSPS) is 11.2. The van der Waals surface area contributed by atoms with E-state index in [-0.39, 0.29) is 16.4 Å². The summed E-state index contributed by atoms with van der Waals surface area (Å²) in [5.41, 5.74) is 1.83. The third kappa shape index (κ3) is 3.56. The second-order valence-corrected chi connectivity index (χ2v) is 7.76. The van der Waals surface area contributed by atoms with Crippen molar-refractivity contribution in [2.45, 2.75) is 11.8 Å². The molecule has 3 rings (SSSR count). The highest BCUT2D eigenvalue weighted by Crippen LogP contribution is 2.25. The first-order valence-electron chi connectivity index (χ1n) is 8.32. The number of H-pyrrole nitrogens is 1. The first-order chi connectivity index (χ1) is 13.3. The zero-order chi connectivity index (χ0) is 20.5. The topological polar surface area (TPSA) is 117 Å². The minimum Gasteiger partial charge on any atom is -0.465 e. The first-order valence-corrected chi connectivity index (χ1v) is 9.80. The zero-order valence-electron chi connectivity index (χ0n) is 15.5. The van der Waals surface area contributed by atoms with Gasteiger partial charge in [-0.25, -0.2) is 13.2 Å². The summed E-state index contributed by atoms with van der Waals surface area (Å²) in [4.78, 5) is 26.6. The van der Waals surface area contributed by atoms with Gasteiger partial charge >= 0.3 is 5.97 Å². The third-order valence-corrected chi connectivity index (χ3v) is 5.68. The van der Waals surface area contributed by atoms with Crippen LogP contribution in [0.3, 0.4) is 0 Å².